The lowest BCUT2D eigenvalue weighted by atomic mass is 10.2. The largest absolute Gasteiger partial charge is 0.379 e. The van der Waals surface area contributed by atoms with Crippen LogP contribution in [0.5, 0.6) is 0 Å². The van der Waals surface area contributed by atoms with E-state index in [0.717, 1.165) is 48.3 Å². The predicted octanol–water partition coefficient (Wildman–Crippen LogP) is 2.38. The molecule has 1 aromatic heterocycles. The summed E-state index contributed by atoms with van der Waals surface area (Å²) >= 11 is 4.80. The molecule has 0 radical (unpaired) electrons. The Hall–Kier alpha value is -1.22. The van der Waals surface area contributed by atoms with Crippen LogP contribution in [0.1, 0.15) is 16.2 Å². The van der Waals surface area contributed by atoms with Crippen molar-refractivity contribution in [3.05, 3.63) is 40.1 Å². The molecule has 2 aromatic rings. The van der Waals surface area contributed by atoms with Crippen LogP contribution >= 0.6 is 27.7 Å². The molecule has 0 bridgehead atoms. The molecule has 8 heteroatoms. The number of ketones is 1. The quantitative estimate of drug-likeness (QED) is 0.538. The Morgan fingerprint density at radius 2 is 1.96 bits per heavy atom. The van der Waals surface area contributed by atoms with Crippen LogP contribution in [-0.4, -0.2) is 57.5 Å². The standard InChI is InChI=1S/C16H19BrN4O2S/c1-20-15(10-21-6-8-23-9-7-21)18-19-16(20)24-11-14(22)12-2-4-13(17)5-3-12/h2-5H,6-11H2,1H3. The van der Waals surface area contributed by atoms with Gasteiger partial charge in [0.2, 0.25) is 0 Å². The van der Waals surface area contributed by atoms with Crippen LogP contribution in [0, 0.1) is 0 Å². The summed E-state index contributed by atoms with van der Waals surface area (Å²) in [4.78, 5) is 14.5. The van der Waals surface area contributed by atoms with E-state index < -0.39 is 0 Å². The first-order valence-corrected chi connectivity index (χ1v) is 9.51. The number of hydrogen-bond acceptors (Lipinski definition) is 6. The zero-order chi connectivity index (χ0) is 16.9. The first kappa shape index (κ1) is 17.6. The van der Waals surface area contributed by atoms with Gasteiger partial charge in [-0.2, -0.15) is 0 Å². The third-order valence-electron chi connectivity index (χ3n) is 3.89. The molecule has 0 spiro atoms. The summed E-state index contributed by atoms with van der Waals surface area (Å²) in [6.07, 6.45) is 0. The fraction of sp³-hybridized carbons (Fsp3) is 0.438. The highest BCUT2D eigenvalue weighted by molar-refractivity contribution is 9.10. The van der Waals surface area contributed by atoms with Crippen molar-refractivity contribution < 1.29 is 9.53 Å². The highest BCUT2D eigenvalue weighted by Crippen LogP contribution is 2.19. The minimum atomic E-state index is 0.0882. The Morgan fingerprint density at radius 1 is 1.25 bits per heavy atom. The van der Waals surface area contributed by atoms with Crippen LogP contribution < -0.4 is 0 Å². The predicted molar refractivity (Wildman–Crippen MR) is 96.3 cm³/mol. The molecule has 0 atom stereocenters. The SMILES string of the molecule is Cn1c(CN2CCOCC2)nnc1SCC(=O)c1ccc(Br)cc1. The van der Waals surface area contributed by atoms with Gasteiger partial charge in [0.05, 0.1) is 25.5 Å². The van der Waals surface area contributed by atoms with Crippen molar-refractivity contribution in [3.8, 4) is 0 Å². The maximum Gasteiger partial charge on any atom is 0.191 e. The number of carbonyl (C=O) groups excluding carboxylic acids is 1. The molecular formula is C16H19BrN4O2S. The van der Waals surface area contributed by atoms with E-state index in [4.69, 9.17) is 4.74 Å². The molecular weight excluding hydrogens is 392 g/mol. The van der Waals surface area contributed by atoms with Gasteiger partial charge in [-0.05, 0) is 12.1 Å². The molecule has 1 aliphatic heterocycles. The third-order valence-corrected chi connectivity index (χ3v) is 5.44. The van der Waals surface area contributed by atoms with Gasteiger partial charge in [-0.25, -0.2) is 0 Å². The Morgan fingerprint density at radius 3 is 2.67 bits per heavy atom. The number of hydrogen-bond donors (Lipinski definition) is 0. The second-order valence-electron chi connectivity index (χ2n) is 5.57. The van der Waals surface area contributed by atoms with Crippen LogP contribution in [0.2, 0.25) is 0 Å². The van der Waals surface area contributed by atoms with Gasteiger partial charge >= 0.3 is 0 Å². The van der Waals surface area contributed by atoms with Gasteiger partial charge in [0, 0.05) is 30.2 Å². The average molecular weight is 411 g/mol. The van der Waals surface area contributed by atoms with E-state index in [1.165, 1.54) is 11.8 Å². The number of thioether (sulfide) groups is 1. The molecule has 0 amide bonds. The minimum absolute atomic E-state index is 0.0882. The molecule has 6 nitrogen and oxygen atoms in total. The fourth-order valence-electron chi connectivity index (χ4n) is 2.42. The molecule has 3 rings (SSSR count). The van der Waals surface area contributed by atoms with E-state index in [-0.39, 0.29) is 5.78 Å². The van der Waals surface area contributed by atoms with E-state index >= 15 is 0 Å². The summed E-state index contributed by atoms with van der Waals surface area (Å²) in [6.45, 7) is 4.12. The first-order chi connectivity index (χ1) is 11.6. The van der Waals surface area contributed by atoms with Crippen molar-refractivity contribution in [2.75, 3.05) is 32.1 Å². The number of morpholine rings is 1. The van der Waals surface area contributed by atoms with Gasteiger partial charge in [-0.15, -0.1) is 10.2 Å². The van der Waals surface area contributed by atoms with E-state index in [0.29, 0.717) is 11.3 Å². The zero-order valence-corrected chi connectivity index (χ0v) is 15.8. The number of benzene rings is 1. The lowest BCUT2D eigenvalue weighted by Crippen LogP contribution is -2.36. The fourth-order valence-corrected chi connectivity index (χ4v) is 3.51. The molecule has 1 aliphatic rings. The van der Waals surface area contributed by atoms with Crippen LogP contribution in [0.15, 0.2) is 33.9 Å². The molecule has 1 fully saturated rings. The second-order valence-corrected chi connectivity index (χ2v) is 7.42. The number of nitrogens with zero attached hydrogens (tertiary/aromatic N) is 4. The Balaban J connectivity index is 1.57. The number of ether oxygens (including phenoxy) is 1. The molecule has 2 heterocycles. The summed E-state index contributed by atoms with van der Waals surface area (Å²) in [5.74, 6) is 1.35. The lowest BCUT2D eigenvalue weighted by molar-refractivity contribution is 0.0326. The monoisotopic (exact) mass is 410 g/mol. The van der Waals surface area contributed by atoms with Gasteiger partial charge in [0.25, 0.3) is 0 Å². The van der Waals surface area contributed by atoms with Gasteiger partial charge in [0.1, 0.15) is 5.82 Å². The maximum absolute atomic E-state index is 12.2. The van der Waals surface area contributed by atoms with Crippen molar-refractivity contribution >= 4 is 33.5 Å². The van der Waals surface area contributed by atoms with E-state index in [9.17, 15) is 4.79 Å². The van der Waals surface area contributed by atoms with Crippen LogP contribution in [0.3, 0.4) is 0 Å². The van der Waals surface area contributed by atoms with Crippen LogP contribution in [0.25, 0.3) is 0 Å². The van der Waals surface area contributed by atoms with Gasteiger partial charge in [-0.1, -0.05) is 39.8 Å². The molecule has 1 saturated heterocycles. The summed E-state index contributed by atoms with van der Waals surface area (Å²) in [5.41, 5.74) is 0.710. The molecule has 128 valence electrons. The van der Waals surface area contributed by atoms with Crippen molar-refractivity contribution in [3.63, 3.8) is 0 Å². The van der Waals surface area contributed by atoms with Crippen LogP contribution in [0.4, 0.5) is 0 Å². The van der Waals surface area contributed by atoms with Gasteiger partial charge in [0.15, 0.2) is 10.9 Å². The van der Waals surface area contributed by atoms with Gasteiger partial charge < -0.3 is 9.30 Å². The summed E-state index contributed by atoms with van der Waals surface area (Å²) in [6, 6.07) is 7.41. The Labute approximate surface area is 153 Å². The summed E-state index contributed by atoms with van der Waals surface area (Å²) < 4.78 is 8.29. The van der Waals surface area contributed by atoms with Crippen molar-refractivity contribution in [2.45, 2.75) is 11.7 Å². The summed E-state index contributed by atoms with van der Waals surface area (Å²) in [7, 11) is 1.95. The molecule has 0 saturated carbocycles. The van der Waals surface area contributed by atoms with Crippen LogP contribution in [-0.2, 0) is 18.3 Å². The highest BCUT2D eigenvalue weighted by atomic mass is 79.9. The lowest BCUT2D eigenvalue weighted by Gasteiger charge is -2.25. The second kappa shape index (κ2) is 8.24. The highest BCUT2D eigenvalue weighted by Gasteiger charge is 2.16. The number of aromatic nitrogens is 3. The van der Waals surface area contributed by atoms with E-state index in [1.54, 1.807) is 0 Å². The average Bonchev–Trinajstić information content (AvgIpc) is 2.94. The Kier molecular flexibility index (Phi) is 6.04. The topological polar surface area (TPSA) is 60.2 Å². The number of rotatable bonds is 6. The van der Waals surface area contributed by atoms with Gasteiger partial charge in [-0.3, -0.25) is 9.69 Å². The normalized spacial score (nSPS) is 15.6. The number of Topliss-reactive ketones (excluding diaryl/α,β-unsaturated/α-hetero) is 1. The maximum atomic E-state index is 12.2. The van der Waals surface area contributed by atoms with Crippen molar-refractivity contribution in [1.29, 1.82) is 0 Å². The molecule has 1 aromatic carbocycles. The minimum Gasteiger partial charge on any atom is -0.379 e. The smallest absolute Gasteiger partial charge is 0.191 e. The van der Waals surface area contributed by atoms with Crippen molar-refractivity contribution in [2.24, 2.45) is 7.05 Å². The molecule has 0 N–H and O–H groups in total. The summed E-state index contributed by atoms with van der Waals surface area (Å²) in [5, 5.41) is 9.25. The number of carbonyl (C=O) groups is 1. The van der Waals surface area contributed by atoms with Crippen molar-refractivity contribution in [1.82, 2.24) is 19.7 Å². The zero-order valence-electron chi connectivity index (χ0n) is 13.4. The van der Waals surface area contributed by atoms with E-state index in [2.05, 4.69) is 31.0 Å². The third kappa shape index (κ3) is 4.44. The number of halogens is 1. The molecule has 0 aliphatic carbocycles. The van der Waals surface area contributed by atoms with E-state index in [1.807, 2.05) is 35.9 Å². The first-order valence-electron chi connectivity index (χ1n) is 7.73. The molecule has 24 heavy (non-hydrogen) atoms. The Bertz CT molecular complexity index is 699. The molecule has 0 unspecified atom stereocenters.